The Morgan fingerprint density at radius 3 is 2.60 bits per heavy atom. The Bertz CT molecular complexity index is 335. The lowest BCUT2D eigenvalue weighted by Gasteiger charge is -1.97. The Morgan fingerprint density at radius 1 is 1.33 bits per heavy atom. The number of hydrogen-bond acceptors (Lipinski definition) is 3. The fourth-order valence-electron chi connectivity index (χ4n) is 1.07. The molecule has 0 aromatic heterocycles. The van der Waals surface area contributed by atoms with Gasteiger partial charge in [-0.3, -0.25) is 0 Å². The van der Waals surface area contributed by atoms with E-state index < -0.39 is 7.80 Å². The highest BCUT2D eigenvalue weighted by atomic mass is 31.1. The van der Waals surface area contributed by atoms with Crippen LogP contribution in [0.25, 0.3) is 0 Å². The van der Waals surface area contributed by atoms with E-state index in [4.69, 9.17) is 4.74 Å². The molecular weight excluding hydrogens is 211 g/mol. The van der Waals surface area contributed by atoms with Crippen molar-refractivity contribution in [1.82, 2.24) is 0 Å². The van der Waals surface area contributed by atoms with Crippen molar-refractivity contribution < 1.29 is 14.1 Å². The molecule has 1 aromatic carbocycles. The summed E-state index contributed by atoms with van der Waals surface area (Å²) in [5.41, 5.74) is 0.794. The molecule has 0 radical (unpaired) electrons. The molecule has 80 valence electrons. The van der Waals surface area contributed by atoms with Gasteiger partial charge in [0.2, 0.25) is 0 Å². The number of benzene rings is 1. The standard InChI is InChI=1S/C11H14O3P/c1-2-11(12)15(13)9-14-8-10-6-4-3-5-7-10/h3-7H,2,8-9H2,1H3/q+1. The molecule has 0 spiro atoms. The minimum atomic E-state index is -1.85. The van der Waals surface area contributed by atoms with Crippen molar-refractivity contribution in [3.63, 3.8) is 0 Å². The lowest BCUT2D eigenvalue weighted by Crippen LogP contribution is -1.96. The Labute approximate surface area is 90.2 Å². The van der Waals surface area contributed by atoms with E-state index in [0.717, 1.165) is 5.56 Å². The molecule has 0 bridgehead atoms. The van der Waals surface area contributed by atoms with E-state index in [1.54, 1.807) is 6.92 Å². The van der Waals surface area contributed by atoms with Crippen LogP contribution in [-0.2, 0) is 20.7 Å². The van der Waals surface area contributed by atoms with Crippen LogP contribution in [-0.4, -0.2) is 11.9 Å². The van der Waals surface area contributed by atoms with Gasteiger partial charge in [-0.25, -0.2) is 4.79 Å². The Kier molecular flexibility index (Phi) is 5.16. The van der Waals surface area contributed by atoms with Crippen LogP contribution in [0.15, 0.2) is 30.3 Å². The zero-order chi connectivity index (χ0) is 11.1. The van der Waals surface area contributed by atoms with E-state index in [2.05, 4.69) is 0 Å². The molecule has 4 heteroatoms. The molecule has 0 aliphatic rings. The summed E-state index contributed by atoms with van der Waals surface area (Å²) in [5.74, 6) is 0. The van der Waals surface area contributed by atoms with Gasteiger partial charge < -0.3 is 4.74 Å². The average Bonchev–Trinajstić information content (AvgIpc) is 2.29. The fraction of sp³-hybridized carbons (Fsp3) is 0.364. The highest BCUT2D eigenvalue weighted by molar-refractivity contribution is 7.63. The van der Waals surface area contributed by atoms with Crippen LogP contribution in [0.1, 0.15) is 18.9 Å². The lowest BCUT2D eigenvalue weighted by molar-refractivity contribution is -0.111. The summed E-state index contributed by atoms with van der Waals surface area (Å²) in [7, 11) is -1.85. The Morgan fingerprint density at radius 2 is 2.00 bits per heavy atom. The summed E-state index contributed by atoms with van der Waals surface area (Å²) >= 11 is 0. The highest BCUT2D eigenvalue weighted by Gasteiger charge is 2.25. The first-order chi connectivity index (χ1) is 7.24. The summed E-state index contributed by atoms with van der Waals surface area (Å²) in [5, 5.41) is 0. The van der Waals surface area contributed by atoms with E-state index in [1.165, 1.54) is 0 Å². The molecule has 0 saturated carbocycles. The summed E-state index contributed by atoms with van der Waals surface area (Å²) in [6.07, 6.45) is 0.334. The van der Waals surface area contributed by atoms with Crippen LogP contribution in [0.5, 0.6) is 0 Å². The molecule has 0 N–H and O–H groups in total. The maximum Gasteiger partial charge on any atom is 0.442 e. The minimum absolute atomic E-state index is 0.0247. The van der Waals surface area contributed by atoms with Crippen LogP contribution in [0.4, 0.5) is 0 Å². The summed E-state index contributed by atoms with van der Waals surface area (Å²) < 4.78 is 16.4. The van der Waals surface area contributed by atoms with Gasteiger partial charge in [-0.1, -0.05) is 41.8 Å². The zero-order valence-corrected chi connectivity index (χ0v) is 9.57. The van der Waals surface area contributed by atoms with Crippen LogP contribution < -0.4 is 0 Å². The van der Waals surface area contributed by atoms with Gasteiger partial charge in [0.25, 0.3) is 6.35 Å². The second kappa shape index (κ2) is 6.44. The molecule has 1 rings (SSSR count). The Hall–Kier alpha value is -1.05. The van der Waals surface area contributed by atoms with Crippen LogP contribution >= 0.6 is 7.80 Å². The first-order valence-corrected chi connectivity index (χ1v) is 6.27. The summed E-state index contributed by atoms with van der Waals surface area (Å²) in [6.45, 7) is 2.10. The number of rotatable bonds is 6. The molecular formula is C11H14O3P+. The number of carbonyl (C=O) groups excluding carboxylic acids is 1. The molecule has 15 heavy (non-hydrogen) atoms. The molecule has 0 amide bonds. The molecule has 0 heterocycles. The van der Waals surface area contributed by atoms with Crippen molar-refractivity contribution >= 4 is 13.3 Å². The van der Waals surface area contributed by atoms with Crippen LogP contribution in [0, 0.1) is 0 Å². The lowest BCUT2D eigenvalue weighted by atomic mass is 10.2. The van der Waals surface area contributed by atoms with Gasteiger partial charge in [-0.05, 0) is 5.56 Å². The average molecular weight is 225 g/mol. The van der Waals surface area contributed by atoms with E-state index in [-0.39, 0.29) is 11.9 Å². The quantitative estimate of drug-likeness (QED) is 0.699. The van der Waals surface area contributed by atoms with Gasteiger partial charge >= 0.3 is 13.3 Å². The third-order valence-electron chi connectivity index (χ3n) is 1.90. The summed E-state index contributed by atoms with van der Waals surface area (Å²) in [6, 6.07) is 9.60. The largest absolute Gasteiger partial charge is 0.442 e. The van der Waals surface area contributed by atoms with Gasteiger partial charge in [0, 0.05) is 0 Å². The first kappa shape index (κ1) is 12.0. The maximum absolute atomic E-state index is 11.2. The maximum atomic E-state index is 11.2. The molecule has 1 atom stereocenters. The van der Waals surface area contributed by atoms with E-state index in [9.17, 15) is 9.36 Å². The second-order valence-electron chi connectivity index (χ2n) is 3.09. The van der Waals surface area contributed by atoms with Crippen molar-refractivity contribution in [2.75, 3.05) is 6.35 Å². The number of hydrogen-bond donors (Lipinski definition) is 0. The van der Waals surface area contributed by atoms with Crippen molar-refractivity contribution in [3.05, 3.63) is 35.9 Å². The van der Waals surface area contributed by atoms with Gasteiger partial charge in [-0.15, -0.1) is 0 Å². The normalized spacial score (nSPS) is 11.1. The van der Waals surface area contributed by atoms with Crippen molar-refractivity contribution in [3.8, 4) is 0 Å². The molecule has 1 aromatic rings. The van der Waals surface area contributed by atoms with Crippen molar-refractivity contribution in [2.45, 2.75) is 20.0 Å². The van der Waals surface area contributed by atoms with Gasteiger partial charge in [-0.2, -0.15) is 0 Å². The third-order valence-corrected chi connectivity index (χ3v) is 3.19. The van der Waals surface area contributed by atoms with Crippen LogP contribution in [0.3, 0.4) is 0 Å². The molecule has 3 nitrogen and oxygen atoms in total. The highest BCUT2D eigenvalue weighted by Crippen LogP contribution is 2.23. The predicted molar refractivity (Wildman–Crippen MR) is 59.0 cm³/mol. The first-order valence-electron chi connectivity index (χ1n) is 4.83. The van der Waals surface area contributed by atoms with E-state index >= 15 is 0 Å². The molecule has 1 unspecified atom stereocenters. The monoisotopic (exact) mass is 225 g/mol. The Balaban J connectivity index is 2.28. The number of carbonyl (C=O) groups is 1. The van der Waals surface area contributed by atoms with Gasteiger partial charge in [0.1, 0.15) is 0 Å². The van der Waals surface area contributed by atoms with Crippen molar-refractivity contribution in [2.24, 2.45) is 0 Å². The molecule has 0 saturated heterocycles. The smallest absolute Gasteiger partial charge is 0.332 e. The third kappa shape index (κ3) is 4.32. The predicted octanol–water partition coefficient (Wildman–Crippen LogP) is 2.92. The minimum Gasteiger partial charge on any atom is -0.332 e. The SMILES string of the molecule is CCC(=O)[P+](=O)COCc1ccccc1. The van der Waals surface area contributed by atoms with Crippen molar-refractivity contribution in [1.29, 1.82) is 0 Å². The van der Waals surface area contributed by atoms with Crippen LogP contribution in [0.2, 0.25) is 0 Å². The van der Waals surface area contributed by atoms with Gasteiger partial charge in [0.15, 0.2) is 0 Å². The summed E-state index contributed by atoms with van der Waals surface area (Å²) in [4.78, 5) is 11.0. The molecule has 0 aliphatic heterocycles. The van der Waals surface area contributed by atoms with E-state index in [0.29, 0.717) is 13.0 Å². The molecule has 0 fully saturated rings. The molecule has 0 aliphatic carbocycles. The second-order valence-corrected chi connectivity index (χ2v) is 4.60. The van der Waals surface area contributed by atoms with Gasteiger partial charge in [0.05, 0.1) is 13.0 Å². The fourth-order valence-corrected chi connectivity index (χ4v) is 1.82. The topological polar surface area (TPSA) is 43.4 Å². The zero-order valence-electron chi connectivity index (χ0n) is 8.68. The van der Waals surface area contributed by atoms with E-state index in [1.807, 2.05) is 30.3 Å². The number of ether oxygens (including phenoxy) is 1.